The highest BCUT2D eigenvalue weighted by Crippen LogP contribution is 2.15. The smallest absolute Gasteiger partial charge is 0.237 e. The molecule has 0 aliphatic rings. The average Bonchev–Trinajstić information content (AvgIpc) is 2.27. The number of amides is 1. The van der Waals surface area contributed by atoms with Gasteiger partial charge in [-0.3, -0.25) is 4.79 Å². The fourth-order valence-corrected chi connectivity index (χ4v) is 1.47. The first kappa shape index (κ1) is 15.4. The van der Waals surface area contributed by atoms with Crippen LogP contribution in [-0.2, 0) is 4.79 Å². The highest BCUT2D eigenvalue weighted by Gasteiger charge is 2.28. The molecule has 0 radical (unpaired) electrons. The van der Waals surface area contributed by atoms with Crippen LogP contribution in [0.3, 0.4) is 0 Å². The number of rotatable bonds is 7. The molecule has 0 spiro atoms. The number of nitrogens with one attached hydrogen (secondary N) is 1. The summed E-state index contributed by atoms with van der Waals surface area (Å²) in [7, 11) is 0. The van der Waals surface area contributed by atoms with Gasteiger partial charge in [-0.1, -0.05) is 27.2 Å². The van der Waals surface area contributed by atoms with Crippen molar-refractivity contribution in [3.8, 4) is 0 Å². The number of aliphatic hydroxyl groups is 1. The summed E-state index contributed by atoms with van der Waals surface area (Å²) in [5, 5.41) is 11.9. The molecule has 0 aliphatic carbocycles. The third-order valence-electron chi connectivity index (χ3n) is 3.43. The molecule has 0 saturated carbocycles. The minimum Gasteiger partial charge on any atom is -0.396 e. The first-order chi connectivity index (χ1) is 7.40. The van der Waals surface area contributed by atoms with Gasteiger partial charge in [-0.05, 0) is 25.7 Å². The summed E-state index contributed by atoms with van der Waals surface area (Å²) in [5.41, 5.74) is 5.50. The van der Waals surface area contributed by atoms with Crippen molar-refractivity contribution in [3.05, 3.63) is 0 Å². The van der Waals surface area contributed by atoms with Crippen molar-refractivity contribution in [1.29, 1.82) is 0 Å². The van der Waals surface area contributed by atoms with Crippen molar-refractivity contribution < 1.29 is 9.90 Å². The van der Waals surface area contributed by atoms with E-state index in [9.17, 15) is 4.79 Å². The van der Waals surface area contributed by atoms with Gasteiger partial charge in [0.1, 0.15) is 0 Å². The normalized spacial score (nSPS) is 18.6. The number of nitrogens with two attached hydrogens (primary N) is 1. The van der Waals surface area contributed by atoms with Crippen LogP contribution in [0, 0.1) is 5.92 Å². The van der Waals surface area contributed by atoms with Gasteiger partial charge in [0.25, 0.3) is 0 Å². The third-order valence-corrected chi connectivity index (χ3v) is 3.43. The van der Waals surface area contributed by atoms with E-state index in [1.807, 2.05) is 27.7 Å². The average molecular weight is 230 g/mol. The van der Waals surface area contributed by atoms with Crippen LogP contribution in [0.2, 0.25) is 0 Å². The molecule has 0 fully saturated rings. The summed E-state index contributed by atoms with van der Waals surface area (Å²) < 4.78 is 0. The molecule has 96 valence electrons. The van der Waals surface area contributed by atoms with E-state index in [4.69, 9.17) is 10.8 Å². The number of carbonyl (C=O) groups is 1. The summed E-state index contributed by atoms with van der Waals surface area (Å²) in [4.78, 5) is 11.9. The van der Waals surface area contributed by atoms with E-state index in [2.05, 4.69) is 5.32 Å². The molecule has 0 heterocycles. The lowest BCUT2D eigenvalue weighted by molar-refractivity contribution is -0.125. The second-order valence-electron chi connectivity index (χ2n) is 4.79. The van der Waals surface area contributed by atoms with Crippen molar-refractivity contribution in [2.75, 3.05) is 6.61 Å². The first-order valence-electron chi connectivity index (χ1n) is 6.08. The van der Waals surface area contributed by atoms with Gasteiger partial charge in [0.05, 0.1) is 6.04 Å². The SMILES string of the molecule is CCC(C)[C@H](N)C(=O)NC(C)(CC)CCO. The maximum atomic E-state index is 11.9. The van der Waals surface area contributed by atoms with E-state index in [0.717, 1.165) is 12.8 Å². The molecule has 1 amide bonds. The zero-order valence-corrected chi connectivity index (χ0v) is 10.9. The predicted octanol–water partition coefficient (Wildman–Crippen LogP) is 1.03. The van der Waals surface area contributed by atoms with Crippen LogP contribution in [0.5, 0.6) is 0 Å². The molecule has 0 aromatic heterocycles. The van der Waals surface area contributed by atoms with Crippen LogP contribution in [0.4, 0.5) is 0 Å². The molecule has 0 aromatic carbocycles. The maximum Gasteiger partial charge on any atom is 0.237 e. The molecule has 4 N–H and O–H groups in total. The molecular weight excluding hydrogens is 204 g/mol. The number of hydrogen-bond acceptors (Lipinski definition) is 3. The minimum absolute atomic E-state index is 0.0726. The van der Waals surface area contributed by atoms with Crippen LogP contribution in [-0.4, -0.2) is 29.2 Å². The second kappa shape index (κ2) is 6.86. The molecule has 0 aliphatic heterocycles. The molecule has 0 rings (SSSR count). The largest absolute Gasteiger partial charge is 0.396 e. The second-order valence-corrected chi connectivity index (χ2v) is 4.79. The molecule has 16 heavy (non-hydrogen) atoms. The summed E-state index contributed by atoms with van der Waals surface area (Å²) in [6.45, 7) is 7.99. The van der Waals surface area contributed by atoms with Gasteiger partial charge in [-0.25, -0.2) is 0 Å². The Labute approximate surface area is 98.6 Å². The number of aliphatic hydroxyl groups excluding tert-OH is 1. The van der Waals surface area contributed by atoms with Gasteiger partial charge in [0, 0.05) is 12.1 Å². The van der Waals surface area contributed by atoms with E-state index < -0.39 is 6.04 Å². The lowest BCUT2D eigenvalue weighted by atomic mass is 9.92. The molecule has 0 aromatic rings. The van der Waals surface area contributed by atoms with Crippen molar-refractivity contribution in [2.24, 2.45) is 11.7 Å². The van der Waals surface area contributed by atoms with Gasteiger partial charge in [-0.2, -0.15) is 0 Å². The Morgan fingerprint density at radius 1 is 1.50 bits per heavy atom. The van der Waals surface area contributed by atoms with E-state index in [1.165, 1.54) is 0 Å². The maximum absolute atomic E-state index is 11.9. The van der Waals surface area contributed by atoms with E-state index in [0.29, 0.717) is 6.42 Å². The van der Waals surface area contributed by atoms with E-state index in [1.54, 1.807) is 0 Å². The molecule has 0 bridgehead atoms. The van der Waals surface area contributed by atoms with Crippen LogP contribution < -0.4 is 11.1 Å². The fourth-order valence-electron chi connectivity index (χ4n) is 1.47. The Balaban J connectivity index is 4.40. The quantitative estimate of drug-likeness (QED) is 0.611. The third kappa shape index (κ3) is 4.49. The Morgan fingerprint density at radius 3 is 2.44 bits per heavy atom. The fraction of sp³-hybridized carbons (Fsp3) is 0.917. The van der Waals surface area contributed by atoms with Gasteiger partial charge < -0.3 is 16.2 Å². The standard InChI is InChI=1S/C12H26N2O2/c1-5-9(3)10(13)11(16)14-12(4,6-2)7-8-15/h9-10,15H,5-8,13H2,1-4H3,(H,14,16)/t9?,10-,12?/m0/s1. The molecule has 4 heteroatoms. The Morgan fingerprint density at radius 2 is 2.06 bits per heavy atom. The summed E-state index contributed by atoms with van der Waals surface area (Å²) in [6, 6.07) is -0.463. The molecule has 0 saturated heterocycles. The molecule has 3 atom stereocenters. The summed E-state index contributed by atoms with van der Waals surface area (Å²) in [6.07, 6.45) is 2.23. The highest BCUT2D eigenvalue weighted by atomic mass is 16.3. The molecule has 4 nitrogen and oxygen atoms in total. The van der Waals surface area contributed by atoms with E-state index in [-0.39, 0.29) is 24.0 Å². The lowest BCUT2D eigenvalue weighted by Crippen LogP contribution is -2.53. The summed E-state index contributed by atoms with van der Waals surface area (Å²) in [5.74, 6) is 0.0578. The highest BCUT2D eigenvalue weighted by molar-refractivity contribution is 5.82. The van der Waals surface area contributed by atoms with Crippen molar-refractivity contribution >= 4 is 5.91 Å². The van der Waals surface area contributed by atoms with Crippen LogP contribution >= 0.6 is 0 Å². The van der Waals surface area contributed by atoms with Gasteiger partial charge in [0.15, 0.2) is 0 Å². The monoisotopic (exact) mass is 230 g/mol. The first-order valence-corrected chi connectivity index (χ1v) is 6.08. The topological polar surface area (TPSA) is 75.4 Å². The van der Waals surface area contributed by atoms with Crippen LogP contribution in [0.15, 0.2) is 0 Å². The van der Waals surface area contributed by atoms with Crippen LogP contribution in [0.1, 0.15) is 47.0 Å². The predicted molar refractivity (Wildman–Crippen MR) is 66.0 cm³/mol. The van der Waals surface area contributed by atoms with Gasteiger partial charge in [0.2, 0.25) is 5.91 Å². The van der Waals surface area contributed by atoms with Gasteiger partial charge >= 0.3 is 0 Å². The Hall–Kier alpha value is -0.610. The number of hydrogen-bond donors (Lipinski definition) is 3. The Bertz CT molecular complexity index is 221. The zero-order valence-electron chi connectivity index (χ0n) is 10.9. The molecule has 2 unspecified atom stereocenters. The molecular formula is C12H26N2O2. The van der Waals surface area contributed by atoms with E-state index >= 15 is 0 Å². The van der Waals surface area contributed by atoms with Crippen LogP contribution in [0.25, 0.3) is 0 Å². The summed E-state index contributed by atoms with van der Waals surface area (Å²) >= 11 is 0. The Kier molecular flexibility index (Phi) is 6.60. The van der Waals surface area contributed by atoms with Crippen molar-refractivity contribution in [3.63, 3.8) is 0 Å². The number of carbonyl (C=O) groups excluding carboxylic acids is 1. The van der Waals surface area contributed by atoms with Gasteiger partial charge in [-0.15, -0.1) is 0 Å². The van der Waals surface area contributed by atoms with Crippen molar-refractivity contribution in [2.45, 2.75) is 58.5 Å². The van der Waals surface area contributed by atoms with Crippen molar-refractivity contribution in [1.82, 2.24) is 5.32 Å². The minimum atomic E-state index is -0.463. The zero-order chi connectivity index (χ0) is 12.8. The lowest BCUT2D eigenvalue weighted by Gasteiger charge is -2.31.